The summed E-state index contributed by atoms with van der Waals surface area (Å²) in [5.74, 6) is 0.0679. The van der Waals surface area contributed by atoms with E-state index in [2.05, 4.69) is 27.4 Å². The first-order valence-electron chi connectivity index (χ1n) is 7.98. The molecule has 0 atom stereocenters. The molecule has 0 saturated heterocycles. The number of thiazole rings is 1. The second-order valence-corrected chi connectivity index (χ2v) is 6.30. The van der Waals surface area contributed by atoms with E-state index >= 15 is 0 Å². The van der Waals surface area contributed by atoms with Crippen LogP contribution in [0, 0.1) is 0 Å². The van der Waals surface area contributed by atoms with E-state index in [0.29, 0.717) is 19.4 Å². The summed E-state index contributed by atoms with van der Waals surface area (Å²) in [6.07, 6.45) is 3.73. The van der Waals surface area contributed by atoms with Crippen LogP contribution in [0.3, 0.4) is 0 Å². The molecule has 5 heteroatoms. The quantitative estimate of drug-likeness (QED) is 0.718. The molecular weight excluding hydrogens is 318 g/mol. The van der Waals surface area contributed by atoms with Crippen molar-refractivity contribution < 1.29 is 4.79 Å². The summed E-state index contributed by atoms with van der Waals surface area (Å²) in [4.78, 5) is 20.8. The van der Waals surface area contributed by atoms with Gasteiger partial charge in [0.05, 0.1) is 11.4 Å². The van der Waals surface area contributed by atoms with Crippen LogP contribution in [-0.4, -0.2) is 22.4 Å². The van der Waals surface area contributed by atoms with Crippen LogP contribution < -0.4 is 5.32 Å². The van der Waals surface area contributed by atoms with E-state index in [0.717, 1.165) is 22.8 Å². The highest BCUT2D eigenvalue weighted by Crippen LogP contribution is 2.21. The van der Waals surface area contributed by atoms with Crippen LogP contribution in [0.15, 0.2) is 60.1 Å². The number of hydrogen-bond donors (Lipinski definition) is 1. The number of nitrogens with one attached hydrogen (secondary N) is 1. The van der Waals surface area contributed by atoms with Gasteiger partial charge in [0.15, 0.2) is 0 Å². The van der Waals surface area contributed by atoms with Gasteiger partial charge in [-0.3, -0.25) is 9.78 Å². The normalized spacial score (nSPS) is 10.5. The number of rotatable bonds is 7. The molecule has 3 rings (SSSR count). The molecule has 0 aliphatic rings. The molecule has 1 aromatic carbocycles. The molecule has 0 spiro atoms. The SMILES string of the molecule is O=C(CCc1csc(-c2ccccn2)n1)NCCc1ccccc1. The smallest absolute Gasteiger partial charge is 0.220 e. The predicted molar refractivity (Wildman–Crippen MR) is 96.8 cm³/mol. The Balaban J connectivity index is 1.42. The van der Waals surface area contributed by atoms with Crippen LogP contribution in [0.4, 0.5) is 0 Å². The maximum absolute atomic E-state index is 11.9. The summed E-state index contributed by atoms with van der Waals surface area (Å²) in [6, 6.07) is 15.9. The minimum Gasteiger partial charge on any atom is -0.356 e. The standard InChI is InChI=1S/C19H19N3OS/c23-18(21-13-11-15-6-2-1-3-7-15)10-9-16-14-24-19(22-16)17-8-4-5-12-20-17/h1-8,12,14H,9-11,13H2,(H,21,23). The second-order valence-electron chi connectivity index (χ2n) is 5.44. The lowest BCUT2D eigenvalue weighted by Crippen LogP contribution is -2.25. The lowest BCUT2D eigenvalue weighted by Gasteiger charge is -2.04. The van der Waals surface area contributed by atoms with E-state index < -0.39 is 0 Å². The van der Waals surface area contributed by atoms with Crippen molar-refractivity contribution in [1.82, 2.24) is 15.3 Å². The van der Waals surface area contributed by atoms with Crippen LogP contribution in [0.25, 0.3) is 10.7 Å². The van der Waals surface area contributed by atoms with Crippen molar-refractivity contribution >= 4 is 17.2 Å². The van der Waals surface area contributed by atoms with Crippen LogP contribution >= 0.6 is 11.3 Å². The third-order valence-electron chi connectivity index (χ3n) is 3.62. The number of carbonyl (C=O) groups excluding carboxylic acids is 1. The Morgan fingerprint density at radius 1 is 1.04 bits per heavy atom. The minimum atomic E-state index is 0.0679. The zero-order valence-electron chi connectivity index (χ0n) is 13.3. The first kappa shape index (κ1) is 16.3. The fourth-order valence-electron chi connectivity index (χ4n) is 2.35. The van der Waals surface area contributed by atoms with E-state index in [9.17, 15) is 4.79 Å². The molecule has 1 N–H and O–H groups in total. The van der Waals surface area contributed by atoms with E-state index in [1.165, 1.54) is 5.56 Å². The Kier molecular flexibility index (Phi) is 5.69. The lowest BCUT2D eigenvalue weighted by atomic mass is 10.1. The first-order chi connectivity index (χ1) is 11.8. The van der Waals surface area contributed by atoms with Crippen molar-refractivity contribution in [1.29, 1.82) is 0 Å². The van der Waals surface area contributed by atoms with Gasteiger partial charge in [-0.25, -0.2) is 4.98 Å². The average molecular weight is 337 g/mol. The van der Waals surface area contributed by atoms with Crippen molar-refractivity contribution in [2.24, 2.45) is 0 Å². The summed E-state index contributed by atoms with van der Waals surface area (Å²) in [7, 11) is 0. The van der Waals surface area contributed by atoms with Gasteiger partial charge in [-0.2, -0.15) is 0 Å². The van der Waals surface area contributed by atoms with E-state index in [4.69, 9.17) is 0 Å². The number of hydrogen-bond acceptors (Lipinski definition) is 4. The maximum Gasteiger partial charge on any atom is 0.220 e. The van der Waals surface area contributed by atoms with Crippen LogP contribution in [-0.2, 0) is 17.6 Å². The molecule has 0 radical (unpaired) electrons. The fraction of sp³-hybridized carbons (Fsp3) is 0.211. The largest absolute Gasteiger partial charge is 0.356 e. The number of carbonyl (C=O) groups is 1. The Morgan fingerprint density at radius 2 is 1.88 bits per heavy atom. The fourth-order valence-corrected chi connectivity index (χ4v) is 3.18. The number of aryl methyl sites for hydroxylation is 1. The Morgan fingerprint density at radius 3 is 2.67 bits per heavy atom. The zero-order valence-corrected chi connectivity index (χ0v) is 14.1. The zero-order chi connectivity index (χ0) is 16.6. The van der Waals surface area contributed by atoms with Crippen molar-refractivity contribution in [3.8, 4) is 10.7 Å². The molecule has 3 aromatic rings. The van der Waals surface area contributed by atoms with Gasteiger partial charge >= 0.3 is 0 Å². The number of nitrogens with zero attached hydrogens (tertiary/aromatic N) is 2. The van der Waals surface area contributed by atoms with E-state index in [-0.39, 0.29) is 5.91 Å². The monoisotopic (exact) mass is 337 g/mol. The highest BCUT2D eigenvalue weighted by Gasteiger charge is 2.07. The molecule has 24 heavy (non-hydrogen) atoms. The van der Waals surface area contributed by atoms with Gasteiger partial charge in [0.1, 0.15) is 5.01 Å². The summed E-state index contributed by atoms with van der Waals surface area (Å²) >= 11 is 1.56. The van der Waals surface area contributed by atoms with Gasteiger partial charge in [0, 0.05) is 24.5 Å². The molecule has 0 fully saturated rings. The molecule has 4 nitrogen and oxygen atoms in total. The van der Waals surface area contributed by atoms with Crippen molar-refractivity contribution in [2.45, 2.75) is 19.3 Å². The minimum absolute atomic E-state index is 0.0679. The molecule has 0 saturated carbocycles. The van der Waals surface area contributed by atoms with Crippen molar-refractivity contribution in [3.05, 3.63) is 71.4 Å². The maximum atomic E-state index is 11.9. The molecule has 0 aliphatic carbocycles. The van der Waals surface area contributed by atoms with Crippen molar-refractivity contribution in [2.75, 3.05) is 6.54 Å². The molecule has 2 heterocycles. The van der Waals surface area contributed by atoms with E-state index in [1.54, 1.807) is 17.5 Å². The summed E-state index contributed by atoms with van der Waals surface area (Å²) in [5.41, 5.74) is 3.05. The number of aromatic nitrogens is 2. The van der Waals surface area contributed by atoms with Crippen LogP contribution in [0.5, 0.6) is 0 Å². The molecule has 0 bridgehead atoms. The molecule has 1 amide bonds. The van der Waals surface area contributed by atoms with Gasteiger partial charge in [-0.05, 0) is 30.5 Å². The van der Waals surface area contributed by atoms with E-state index in [1.807, 2.05) is 41.8 Å². The van der Waals surface area contributed by atoms with Crippen LogP contribution in [0.1, 0.15) is 17.7 Å². The molecule has 122 valence electrons. The molecule has 0 aliphatic heterocycles. The second kappa shape index (κ2) is 8.36. The van der Waals surface area contributed by atoms with Gasteiger partial charge in [0.2, 0.25) is 5.91 Å². The number of benzene rings is 1. The Labute approximate surface area is 145 Å². The molecular formula is C19H19N3OS. The van der Waals surface area contributed by atoms with Crippen molar-refractivity contribution in [3.63, 3.8) is 0 Å². The summed E-state index contributed by atoms with van der Waals surface area (Å²) in [5, 5.41) is 5.86. The van der Waals surface area contributed by atoms with Gasteiger partial charge in [0.25, 0.3) is 0 Å². The lowest BCUT2D eigenvalue weighted by molar-refractivity contribution is -0.121. The predicted octanol–water partition coefficient (Wildman–Crippen LogP) is 3.50. The van der Waals surface area contributed by atoms with Crippen LogP contribution in [0.2, 0.25) is 0 Å². The molecule has 2 aromatic heterocycles. The Bertz CT molecular complexity index is 772. The van der Waals surface area contributed by atoms with Gasteiger partial charge in [-0.15, -0.1) is 11.3 Å². The average Bonchev–Trinajstić information content (AvgIpc) is 3.11. The highest BCUT2D eigenvalue weighted by molar-refractivity contribution is 7.13. The Hall–Kier alpha value is -2.53. The van der Waals surface area contributed by atoms with Gasteiger partial charge in [-0.1, -0.05) is 36.4 Å². The molecule has 0 unspecified atom stereocenters. The third-order valence-corrected chi connectivity index (χ3v) is 4.54. The summed E-state index contributed by atoms with van der Waals surface area (Å²) < 4.78 is 0. The van der Waals surface area contributed by atoms with Gasteiger partial charge < -0.3 is 5.32 Å². The number of amides is 1. The third kappa shape index (κ3) is 4.73. The summed E-state index contributed by atoms with van der Waals surface area (Å²) in [6.45, 7) is 0.666. The topological polar surface area (TPSA) is 54.9 Å². The first-order valence-corrected chi connectivity index (χ1v) is 8.85. The highest BCUT2D eigenvalue weighted by atomic mass is 32.1. The number of pyridine rings is 1.